The van der Waals surface area contributed by atoms with E-state index in [4.69, 9.17) is 20.3 Å². The van der Waals surface area contributed by atoms with Crippen molar-refractivity contribution in [3.63, 3.8) is 0 Å². The summed E-state index contributed by atoms with van der Waals surface area (Å²) >= 11 is 0. The van der Waals surface area contributed by atoms with Gasteiger partial charge in [0.1, 0.15) is 11.3 Å². The van der Waals surface area contributed by atoms with Gasteiger partial charge in [-0.05, 0) is 18.1 Å². The van der Waals surface area contributed by atoms with Gasteiger partial charge in [-0.2, -0.15) is 0 Å². The van der Waals surface area contributed by atoms with Crippen LogP contribution in [-0.4, -0.2) is 50.5 Å². The highest BCUT2D eigenvalue weighted by Crippen LogP contribution is 2.23. The SMILES string of the molecule is O=C(O)N[C@@H](Cc1cccc(C(=O)O)c1O)B(O)O. The maximum absolute atomic E-state index is 10.8. The summed E-state index contributed by atoms with van der Waals surface area (Å²) in [6.45, 7) is 0. The van der Waals surface area contributed by atoms with Crippen molar-refractivity contribution in [1.82, 2.24) is 5.32 Å². The highest BCUT2D eigenvalue weighted by atomic mass is 16.4. The van der Waals surface area contributed by atoms with Gasteiger partial charge in [-0.1, -0.05) is 12.1 Å². The molecule has 9 heteroatoms. The number of phenols is 1. The van der Waals surface area contributed by atoms with Gasteiger partial charge in [0.25, 0.3) is 0 Å². The number of benzene rings is 1. The third-order valence-electron chi connectivity index (χ3n) is 2.46. The van der Waals surface area contributed by atoms with Gasteiger partial charge >= 0.3 is 19.2 Å². The first-order chi connectivity index (χ1) is 8.82. The van der Waals surface area contributed by atoms with Crippen LogP contribution in [-0.2, 0) is 6.42 Å². The normalized spacial score (nSPS) is 11.7. The maximum atomic E-state index is 10.8. The number of hydrogen-bond donors (Lipinski definition) is 6. The van der Waals surface area contributed by atoms with Crippen molar-refractivity contribution in [3.8, 4) is 5.75 Å². The van der Waals surface area contributed by atoms with Crippen LogP contribution < -0.4 is 5.32 Å². The predicted octanol–water partition coefficient (Wildman–Crippen LogP) is -0.719. The number of carboxylic acids is 1. The van der Waals surface area contributed by atoms with Crippen LogP contribution in [0.5, 0.6) is 5.75 Å². The maximum Gasteiger partial charge on any atom is 0.475 e. The highest BCUT2D eigenvalue weighted by Gasteiger charge is 2.27. The monoisotopic (exact) mass is 269 g/mol. The fraction of sp³-hybridized carbons (Fsp3) is 0.200. The molecule has 102 valence electrons. The molecule has 0 unspecified atom stereocenters. The molecule has 19 heavy (non-hydrogen) atoms. The Morgan fingerprint density at radius 2 is 1.89 bits per heavy atom. The minimum atomic E-state index is -1.98. The molecule has 0 aliphatic heterocycles. The largest absolute Gasteiger partial charge is 0.507 e. The summed E-state index contributed by atoms with van der Waals surface area (Å²) in [4.78, 5) is 21.3. The summed E-state index contributed by atoms with van der Waals surface area (Å²) in [6.07, 6.45) is -1.73. The van der Waals surface area contributed by atoms with Gasteiger partial charge in [0.15, 0.2) is 0 Å². The second-order valence-electron chi connectivity index (χ2n) is 3.79. The van der Waals surface area contributed by atoms with Crippen molar-refractivity contribution >= 4 is 19.2 Å². The van der Waals surface area contributed by atoms with Gasteiger partial charge in [-0.3, -0.25) is 0 Å². The van der Waals surface area contributed by atoms with E-state index < -0.39 is 30.9 Å². The number of aromatic hydroxyl groups is 1. The number of rotatable bonds is 5. The minimum Gasteiger partial charge on any atom is -0.507 e. The summed E-state index contributed by atoms with van der Waals surface area (Å²) in [5, 5.41) is 47.0. The Morgan fingerprint density at radius 1 is 1.26 bits per heavy atom. The number of aromatic carboxylic acids is 1. The number of hydrogen-bond acceptors (Lipinski definition) is 5. The van der Waals surface area contributed by atoms with Gasteiger partial charge in [0.2, 0.25) is 0 Å². The number of amides is 1. The van der Waals surface area contributed by atoms with Crippen LogP contribution in [0.4, 0.5) is 4.79 Å². The molecule has 8 nitrogen and oxygen atoms in total. The first kappa shape index (κ1) is 14.8. The van der Waals surface area contributed by atoms with E-state index in [1.165, 1.54) is 18.2 Å². The second-order valence-corrected chi connectivity index (χ2v) is 3.79. The molecule has 0 saturated heterocycles. The topological polar surface area (TPSA) is 147 Å². The average Bonchev–Trinajstić information content (AvgIpc) is 2.29. The zero-order valence-corrected chi connectivity index (χ0v) is 9.65. The third-order valence-corrected chi connectivity index (χ3v) is 2.46. The molecule has 0 radical (unpaired) electrons. The summed E-state index contributed by atoms with van der Waals surface area (Å²) < 4.78 is 0. The zero-order valence-electron chi connectivity index (χ0n) is 9.65. The molecule has 1 rings (SSSR count). The molecule has 1 aromatic rings. The number of para-hydroxylation sites is 1. The number of carbonyl (C=O) groups is 2. The van der Waals surface area contributed by atoms with Crippen LogP contribution in [0.15, 0.2) is 18.2 Å². The van der Waals surface area contributed by atoms with E-state index in [9.17, 15) is 14.7 Å². The molecule has 0 aliphatic rings. The first-order valence-electron chi connectivity index (χ1n) is 5.22. The second kappa shape index (κ2) is 6.07. The lowest BCUT2D eigenvalue weighted by atomic mass is 9.76. The summed E-state index contributed by atoms with van der Waals surface area (Å²) in [5.74, 6) is -3.16. The van der Waals surface area contributed by atoms with Crippen molar-refractivity contribution in [3.05, 3.63) is 29.3 Å². The van der Waals surface area contributed by atoms with Crippen LogP contribution in [0.2, 0.25) is 0 Å². The van der Waals surface area contributed by atoms with Gasteiger partial charge in [-0.15, -0.1) is 0 Å². The Morgan fingerprint density at radius 3 is 2.37 bits per heavy atom. The van der Waals surface area contributed by atoms with E-state index in [0.717, 1.165) is 0 Å². The van der Waals surface area contributed by atoms with Crippen molar-refractivity contribution in [1.29, 1.82) is 0 Å². The van der Waals surface area contributed by atoms with Gasteiger partial charge in [0, 0.05) is 0 Å². The fourth-order valence-electron chi connectivity index (χ4n) is 1.56. The molecule has 0 saturated carbocycles. The van der Waals surface area contributed by atoms with Gasteiger partial charge < -0.3 is 30.7 Å². The van der Waals surface area contributed by atoms with Gasteiger partial charge in [-0.25, -0.2) is 9.59 Å². The Labute approximate surface area is 108 Å². The quantitative estimate of drug-likeness (QED) is 0.386. The molecule has 0 bridgehead atoms. The Balaban J connectivity index is 3.00. The molecular weight excluding hydrogens is 257 g/mol. The van der Waals surface area contributed by atoms with Crippen LogP contribution in [0.1, 0.15) is 15.9 Å². The van der Waals surface area contributed by atoms with E-state index in [1.807, 2.05) is 5.32 Å². The fourth-order valence-corrected chi connectivity index (χ4v) is 1.56. The minimum absolute atomic E-state index is 0.0896. The Bertz CT molecular complexity index is 491. The molecular formula is C10H12BNO7. The lowest BCUT2D eigenvalue weighted by molar-refractivity contribution is 0.0693. The smallest absolute Gasteiger partial charge is 0.475 e. The molecule has 1 amide bonds. The molecule has 0 heterocycles. The van der Waals surface area contributed by atoms with E-state index in [1.54, 1.807) is 0 Å². The molecule has 1 atom stereocenters. The van der Waals surface area contributed by atoms with Crippen molar-refractivity contribution in [2.75, 3.05) is 0 Å². The van der Waals surface area contributed by atoms with Crippen molar-refractivity contribution in [2.24, 2.45) is 0 Å². The van der Waals surface area contributed by atoms with E-state index in [-0.39, 0.29) is 17.5 Å². The first-order valence-corrected chi connectivity index (χ1v) is 5.22. The van der Waals surface area contributed by atoms with Crippen LogP contribution in [0, 0.1) is 0 Å². The highest BCUT2D eigenvalue weighted by molar-refractivity contribution is 6.43. The molecule has 0 aliphatic carbocycles. The average molecular weight is 269 g/mol. The lowest BCUT2D eigenvalue weighted by Gasteiger charge is -2.16. The van der Waals surface area contributed by atoms with Crippen LogP contribution in [0.3, 0.4) is 0 Å². The van der Waals surface area contributed by atoms with Crippen LogP contribution >= 0.6 is 0 Å². The van der Waals surface area contributed by atoms with E-state index >= 15 is 0 Å². The number of nitrogens with one attached hydrogen (secondary N) is 1. The Kier molecular flexibility index (Phi) is 4.73. The summed E-state index contributed by atoms with van der Waals surface area (Å²) in [7, 11) is -1.98. The molecule has 0 spiro atoms. The molecule has 0 aromatic heterocycles. The standard InChI is InChI=1S/C10H12BNO7/c13-8-5(2-1-3-6(8)9(14)15)4-7(11(18)19)12-10(16)17/h1-3,7,12-13,18-19H,4H2,(H,14,15)(H,16,17)/t7-/m0/s1. The van der Waals surface area contributed by atoms with Crippen LogP contribution in [0.25, 0.3) is 0 Å². The molecule has 6 N–H and O–H groups in total. The van der Waals surface area contributed by atoms with E-state index in [0.29, 0.717) is 0 Å². The zero-order chi connectivity index (χ0) is 14.6. The van der Waals surface area contributed by atoms with Crippen molar-refractivity contribution < 1.29 is 35.0 Å². The Hall–Kier alpha value is -2.26. The van der Waals surface area contributed by atoms with E-state index in [2.05, 4.69) is 0 Å². The van der Waals surface area contributed by atoms with Crippen molar-refractivity contribution in [2.45, 2.75) is 12.4 Å². The third kappa shape index (κ3) is 3.86. The summed E-state index contributed by atoms with van der Waals surface area (Å²) in [5.41, 5.74) is -0.259. The summed E-state index contributed by atoms with van der Waals surface area (Å²) in [6, 6.07) is 3.90. The molecule has 1 aromatic carbocycles. The number of carboxylic acid groups (broad SMARTS) is 2. The molecule has 0 fully saturated rings. The lowest BCUT2D eigenvalue weighted by Crippen LogP contribution is -2.47. The predicted molar refractivity (Wildman–Crippen MR) is 63.9 cm³/mol. The van der Waals surface area contributed by atoms with Gasteiger partial charge in [0.05, 0.1) is 5.94 Å².